The van der Waals surface area contributed by atoms with Crippen molar-refractivity contribution in [3.05, 3.63) is 76.5 Å². The van der Waals surface area contributed by atoms with Gasteiger partial charge in [-0.3, -0.25) is 0 Å². The second-order valence-corrected chi connectivity index (χ2v) is 14.5. The zero-order valence-corrected chi connectivity index (χ0v) is 19.8. The van der Waals surface area contributed by atoms with Gasteiger partial charge in [-0.25, -0.2) is 0 Å². The van der Waals surface area contributed by atoms with Gasteiger partial charge in [-0.15, -0.1) is 0 Å². The molecule has 0 aromatic heterocycles. The van der Waals surface area contributed by atoms with Gasteiger partial charge in [0.2, 0.25) is 0 Å². The van der Waals surface area contributed by atoms with E-state index in [0.29, 0.717) is 3.63 Å². The van der Waals surface area contributed by atoms with Crippen molar-refractivity contribution in [3.8, 4) is 11.1 Å². The Bertz CT molecular complexity index is 865. The van der Waals surface area contributed by atoms with Crippen molar-refractivity contribution in [1.82, 2.24) is 0 Å². The molecule has 0 spiro atoms. The molecule has 0 nitrogen and oxygen atoms in total. The molecule has 0 saturated heterocycles. The number of hydrogen-bond acceptors (Lipinski definition) is 0. The number of allylic oxidation sites excluding steroid dienone is 4. The number of fused-ring (bicyclic) bond motifs is 3. The van der Waals surface area contributed by atoms with Crippen LogP contribution in [-0.2, 0) is 24.7 Å². The topological polar surface area (TPSA) is 0 Å². The summed E-state index contributed by atoms with van der Waals surface area (Å²) in [4.78, 5) is 0. The predicted octanol–water partition coefficient (Wildman–Crippen LogP) is 0.00780. The molecule has 0 radical (unpaired) electrons. The smallest absolute Gasteiger partial charge is 1.00 e. The number of benzene rings is 2. The third-order valence-corrected chi connectivity index (χ3v) is 8.69. The van der Waals surface area contributed by atoms with Crippen LogP contribution in [0.3, 0.4) is 0 Å². The summed E-state index contributed by atoms with van der Waals surface area (Å²) in [5, 5.41) is 1.41. The van der Waals surface area contributed by atoms with Crippen molar-refractivity contribution in [2.24, 2.45) is 0 Å². The maximum Gasteiger partial charge on any atom is -1.00 e. The maximum absolute atomic E-state index is 6.80. The van der Waals surface area contributed by atoms with Crippen molar-refractivity contribution in [1.29, 1.82) is 0 Å². The van der Waals surface area contributed by atoms with Gasteiger partial charge < -0.3 is 24.8 Å². The first-order chi connectivity index (χ1) is 11.0. The Morgan fingerprint density at radius 3 is 2.32 bits per heavy atom. The molecule has 2 aromatic carbocycles. The average Bonchev–Trinajstić information content (AvgIpc) is 3.12. The minimum absolute atomic E-state index is 0. The fourth-order valence-electron chi connectivity index (χ4n) is 3.84. The van der Waals surface area contributed by atoms with Crippen LogP contribution < -0.4 is 24.8 Å². The first-order valence-electron chi connectivity index (χ1n) is 8.01. The summed E-state index contributed by atoms with van der Waals surface area (Å²) in [6.07, 6.45) is 5.57. The molecule has 2 aliphatic rings. The van der Waals surface area contributed by atoms with E-state index in [0.717, 1.165) is 6.42 Å². The Morgan fingerprint density at radius 1 is 0.960 bits per heavy atom. The van der Waals surface area contributed by atoms with E-state index in [2.05, 4.69) is 67.7 Å². The van der Waals surface area contributed by atoms with Crippen LogP contribution >= 0.6 is 11.1 Å². The molecule has 0 heterocycles. The van der Waals surface area contributed by atoms with Crippen molar-refractivity contribution < 1.29 is 49.5 Å². The van der Waals surface area contributed by atoms with Gasteiger partial charge in [0.25, 0.3) is 0 Å². The van der Waals surface area contributed by atoms with Crippen LogP contribution in [0.25, 0.3) is 16.7 Å². The summed E-state index contributed by atoms with van der Waals surface area (Å²) in [7, 11) is -1.83. The summed E-state index contributed by atoms with van der Waals surface area (Å²) in [5.41, 5.74) is 8.76. The van der Waals surface area contributed by atoms with E-state index < -0.39 is 7.38 Å². The van der Waals surface area contributed by atoms with Gasteiger partial charge in [0.1, 0.15) is 0 Å². The molecule has 0 fully saturated rings. The van der Waals surface area contributed by atoms with E-state index in [1.54, 1.807) is 24.7 Å². The van der Waals surface area contributed by atoms with Gasteiger partial charge in [-0.05, 0) is 0 Å². The Morgan fingerprint density at radius 2 is 1.60 bits per heavy atom. The fourth-order valence-corrected chi connectivity index (χ4v) is 7.22. The number of hydrogen-bond donors (Lipinski definition) is 0. The first kappa shape index (κ1) is 21.2. The van der Waals surface area contributed by atoms with Crippen LogP contribution in [-0.4, -0.2) is 7.38 Å². The van der Waals surface area contributed by atoms with Crippen LogP contribution in [0.15, 0.2) is 59.8 Å². The van der Waals surface area contributed by atoms with Gasteiger partial charge >= 0.3 is 160 Å². The standard InChI is InChI=1S/C20H18ClSi.2ClH.Zr/c1-22(2,21)20-12-6-11-18(20)17-10-5-9-16-15-8-4-3-7-14(15)13-19(16)17;;;/h3-10,12-13H,11H2,1-2H3;2*1H;/q;;;+2/p-2. The molecule has 0 N–H and O–H groups in total. The van der Waals surface area contributed by atoms with Crippen molar-refractivity contribution >= 4 is 24.0 Å². The normalized spacial score (nSPS) is 17.7. The molecule has 5 heteroatoms. The molecule has 0 aliphatic heterocycles. The van der Waals surface area contributed by atoms with Crippen LogP contribution in [0.4, 0.5) is 0 Å². The predicted molar refractivity (Wildman–Crippen MR) is 97.7 cm³/mol. The zero-order valence-electron chi connectivity index (χ0n) is 14.1. The van der Waals surface area contributed by atoms with E-state index in [9.17, 15) is 0 Å². The molecule has 1 atom stereocenters. The minimum atomic E-state index is -1.83. The van der Waals surface area contributed by atoms with Gasteiger partial charge in [0.15, 0.2) is 0 Å². The molecule has 2 aromatic rings. The van der Waals surface area contributed by atoms with Gasteiger partial charge in [-0.1, -0.05) is 0 Å². The summed E-state index contributed by atoms with van der Waals surface area (Å²) in [6, 6.07) is 15.7. The Kier molecular flexibility index (Phi) is 6.67. The van der Waals surface area contributed by atoms with E-state index in [4.69, 9.17) is 11.1 Å². The maximum atomic E-state index is 6.80. The zero-order chi connectivity index (χ0) is 16.2. The molecular formula is C20H18Cl3SiZr. The van der Waals surface area contributed by atoms with Gasteiger partial charge in [0.05, 0.1) is 0 Å². The van der Waals surface area contributed by atoms with Crippen LogP contribution in [0, 0.1) is 0 Å². The Hall–Kier alpha value is -0.110. The Labute approximate surface area is 183 Å². The monoisotopic (exact) mass is 481 g/mol. The first-order valence-corrected chi connectivity index (χ1v) is 13.4. The van der Waals surface area contributed by atoms with Crippen molar-refractivity contribution in [3.63, 3.8) is 0 Å². The summed E-state index contributed by atoms with van der Waals surface area (Å²) in [6.45, 7) is 4.46. The summed E-state index contributed by atoms with van der Waals surface area (Å²) in [5.74, 6) is 0. The quantitative estimate of drug-likeness (QED) is 0.417. The minimum Gasteiger partial charge on any atom is -1.00 e. The van der Waals surface area contributed by atoms with Crippen molar-refractivity contribution in [2.45, 2.75) is 23.1 Å². The molecule has 0 saturated carbocycles. The largest absolute Gasteiger partial charge is 1.00 e. The van der Waals surface area contributed by atoms with E-state index in [-0.39, 0.29) is 24.8 Å². The van der Waals surface area contributed by atoms with Gasteiger partial charge in [-0.2, -0.15) is 0 Å². The SMILES string of the molecule is C[Si](C)(Cl)C1=C(c2cccc3c2[CH]([Zr+2])c2ccccc2-3)CC=C1.[Cl-].[Cl-]. The molecule has 2 aliphatic carbocycles. The second kappa shape index (κ2) is 7.87. The molecule has 4 rings (SSSR count). The number of rotatable bonds is 2. The van der Waals surface area contributed by atoms with Gasteiger partial charge in [0, 0.05) is 0 Å². The third-order valence-electron chi connectivity index (χ3n) is 4.85. The molecule has 25 heavy (non-hydrogen) atoms. The average molecular weight is 484 g/mol. The molecule has 127 valence electrons. The third kappa shape index (κ3) is 3.54. The number of halogens is 3. The van der Waals surface area contributed by atoms with E-state index in [1.807, 2.05) is 0 Å². The van der Waals surface area contributed by atoms with Crippen LogP contribution in [0.5, 0.6) is 0 Å². The summed E-state index contributed by atoms with van der Waals surface area (Å²) >= 11 is 8.36. The second-order valence-electron chi connectivity index (χ2n) is 6.76. The van der Waals surface area contributed by atoms with Crippen molar-refractivity contribution in [2.75, 3.05) is 0 Å². The molecule has 1 unspecified atom stereocenters. The van der Waals surface area contributed by atoms with E-state index in [1.165, 1.54) is 38.6 Å². The summed E-state index contributed by atoms with van der Waals surface area (Å²) < 4.78 is 0.541. The molecule has 0 amide bonds. The van der Waals surface area contributed by atoms with Crippen LogP contribution in [0.2, 0.25) is 13.1 Å². The molecular weight excluding hydrogens is 466 g/mol. The molecule has 0 bridgehead atoms. The fraction of sp³-hybridized carbons (Fsp3) is 0.200. The van der Waals surface area contributed by atoms with Crippen LogP contribution in [0.1, 0.15) is 26.7 Å². The Balaban J connectivity index is 0.00000113. The van der Waals surface area contributed by atoms with E-state index >= 15 is 0 Å².